The van der Waals surface area contributed by atoms with E-state index in [1.807, 2.05) is 10.9 Å². The minimum absolute atomic E-state index is 0.119. The fourth-order valence-electron chi connectivity index (χ4n) is 5.17. The lowest BCUT2D eigenvalue weighted by atomic mass is 9.81. The van der Waals surface area contributed by atoms with E-state index >= 15 is 8.78 Å². The van der Waals surface area contributed by atoms with Crippen molar-refractivity contribution in [2.24, 2.45) is 17.8 Å². The maximum Gasteiger partial charge on any atom is 0.202 e. The largest absolute Gasteiger partial charge is 0.490 e. The van der Waals surface area contributed by atoms with Crippen LogP contribution in [-0.4, -0.2) is 41.6 Å². The number of nitrogens with zero attached hydrogens (tertiary/aromatic N) is 7. The lowest BCUT2D eigenvalue weighted by Crippen LogP contribution is -2.20. The molecule has 4 aromatic rings. The van der Waals surface area contributed by atoms with Crippen LogP contribution in [0.3, 0.4) is 0 Å². The lowest BCUT2D eigenvalue weighted by molar-refractivity contribution is 0.175. The minimum atomic E-state index is -1.10. The molecular formula is C29H36F2N8O. The Balaban J connectivity index is 1.36. The van der Waals surface area contributed by atoms with Crippen LogP contribution in [0.4, 0.5) is 14.6 Å². The number of pyridine rings is 1. The summed E-state index contributed by atoms with van der Waals surface area (Å²) < 4.78 is 39.2. The summed E-state index contributed by atoms with van der Waals surface area (Å²) in [5.41, 5.74) is 8.01. The van der Waals surface area contributed by atoms with Crippen LogP contribution < -0.4 is 10.5 Å². The number of anilines is 1. The molecule has 212 valence electrons. The smallest absolute Gasteiger partial charge is 0.202 e. The number of hydrogen-bond donors (Lipinski definition) is 1. The Hall–Kier alpha value is -3.89. The van der Waals surface area contributed by atoms with Crippen molar-refractivity contribution < 1.29 is 13.5 Å². The molecule has 40 heavy (non-hydrogen) atoms. The molecule has 1 saturated carbocycles. The number of aryl methyl sites for hydroxylation is 1. The Morgan fingerprint density at radius 1 is 1.05 bits per heavy atom. The van der Waals surface area contributed by atoms with E-state index in [0.717, 1.165) is 60.4 Å². The van der Waals surface area contributed by atoms with Gasteiger partial charge in [0.1, 0.15) is 11.5 Å². The zero-order valence-electron chi connectivity index (χ0n) is 23.2. The van der Waals surface area contributed by atoms with Gasteiger partial charge in [-0.2, -0.15) is 14.2 Å². The summed E-state index contributed by atoms with van der Waals surface area (Å²) in [4.78, 5) is 4.31. The summed E-state index contributed by atoms with van der Waals surface area (Å²) in [6.07, 6.45) is 11.9. The molecule has 0 unspecified atom stereocenters. The second-order valence-corrected chi connectivity index (χ2v) is 11.1. The molecule has 1 aromatic carbocycles. The van der Waals surface area contributed by atoms with Crippen molar-refractivity contribution in [3.8, 4) is 34.0 Å². The molecule has 11 heteroatoms. The lowest BCUT2D eigenvalue weighted by Gasteiger charge is -2.27. The number of tetrazole rings is 1. The van der Waals surface area contributed by atoms with Gasteiger partial charge in [-0.25, -0.2) is 9.37 Å². The van der Waals surface area contributed by atoms with Gasteiger partial charge in [0, 0.05) is 30.1 Å². The molecule has 2 N–H and O–H groups in total. The molecule has 0 atom stereocenters. The van der Waals surface area contributed by atoms with Gasteiger partial charge < -0.3 is 10.5 Å². The molecular weight excluding hydrogens is 514 g/mol. The van der Waals surface area contributed by atoms with Crippen molar-refractivity contribution in [2.75, 3.05) is 12.3 Å². The standard InChI is InChI=1S/C29H36F2N8O/c1-4-19-5-7-20(8-6-19)17-40-25-10-9-24(26(30)27(25)31)39-29(35-36-37-39)23-13-21(14-33-28(23)32)22-15-34-38(16-22)12-11-18(2)3/h9-10,13-16,18-20H,4-8,11-12,17H2,1-3H3,(H2,32,33). The average molecular weight is 551 g/mol. The molecule has 9 nitrogen and oxygen atoms in total. The third-order valence-corrected chi connectivity index (χ3v) is 7.80. The topological polar surface area (TPSA) is 110 Å². The van der Waals surface area contributed by atoms with Gasteiger partial charge in [-0.1, -0.05) is 40.0 Å². The maximum absolute atomic E-state index is 15.3. The number of aromatic nitrogens is 7. The minimum Gasteiger partial charge on any atom is -0.490 e. The number of rotatable bonds is 10. The first-order chi connectivity index (χ1) is 19.3. The van der Waals surface area contributed by atoms with Crippen molar-refractivity contribution in [3.63, 3.8) is 0 Å². The maximum atomic E-state index is 15.3. The molecule has 3 heterocycles. The van der Waals surface area contributed by atoms with E-state index in [2.05, 4.69) is 46.4 Å². The van der Waals surface area contributed by atoms with Gasteiger partial charge in [-0.15, -0.1) is 5.10 Å². The highest BCUT2D eigenvalue weighted by Crippen LogP contribution is 2.34. The molecule has 0 saturated heterocycles. The van der Waals surface area contributed by atoms with Gasteiger partial charge in [0.2, 0.25) is 5.82 Å². The van der Waals surface area contributed by atoms with Crippen LogP contribution in [-0.2, 0) is 6.54 Å². The summed E-state index contributed by atoms with van der Waals surface area (Å²) in [5.74, 6) is -0.332. The van der Waals surface area contributed by atoms with E-state index < -0.39 is 11.6 Å². The quantitative estimate of drug-likeness (QED) is 0.254. The van der Waals surface area contributed by atoms with Gasteiger partial charge in [-0.3, -0.25) is 4.68 Å². The molecule has 1 aliphatic rings. The van der Waals surface area contributed by atoms with Crippen LogP contribution in [0.2, 0.25) is 0 Å². The molecule has 1 fully saturated rings. The van der Waals surface area contributed by atoms with Gasteiger partial charge in [-0.05, 0) is 65.6 Å². The van der Waals surface area contributed by atoms with Crippen LogP contribution in [0.25, 0.3) is 28.2 Å². The third-order valence-electron chi connectivity index (χ3n) is 7.80. The van der Waals surface area contributed by atoms with Gasteiger partial charge in [0.05, 0.1) is 18.4 Å². The molecule has 0 spiro atoms. The summed E-state index contributed by atoms with van der Waals surface area (Å²) in [7, 11) is 0. The first kappa shape index (κ1) is 27.7. The van der Waals surface area contributed by atoms with E-state index in [1.54, 1.807) is 18.5 Å². The SMILES string of the molecule is CCC1CCC(COc2ccc(-n3nnnc3-c3cc(-c4cnn(CCC(C)C)c4)cnc3N)c(F)c2F)CC1. The number of benzene rings is 1. The van der Waals surface area contributed by atoms with Crippen LogP contribution in [0, 0.1) is 29.4 Å². The summed E-state index contributed by atoms with van der Waals surface area (Å²) in [6, 6.07) is 4.60. The van der Waals surface area contributed by atoms with E-state index in [-0.39, 0.29) is 23.1 Å². The molecule has 0 radical (unpaired) electrons. The van der Waals surface area contributed by atoms with E-state index in [4.69, 9.17) is 10.5 Å². The fraction of sp³-hybridized carbons (Fsp3) is 0.483. The first-order valence-electron chi connectivity index (χ1n) is 14.0. The highest BCUT2D eigenvalue weighted by molar-refractivity contribution is 5.76. The average Bonchev–Trinajstić information content (AvgIpc) is 3.64. The van der Waals surface area contributed by atoms with Crippen LogP contribution >= 0.6 is 0 Å². The Kier molecular flexibility index (Phi) is 8.37. The molecule has 5 rings (SSSR count). The predicted octanol–water partition coefficient (Wildman–Crippen LogP) is 6.09. The monoisotopic (exact) mass is 550 g/mol. The van der Waals surface area contributed by atoms with E-state index in [9.17, 15) is 0 Å². The second kappa shape index (κ2) is 12.1. The van der Waals surface area contributed by atoms with Gasteiger partial charge in [0.15, 0.2) is 17.4 Å². The third kappa shape index (κ3) is 5.97. The van der Waals surface area contributed by atoms with Gasteiger partial charge in [0.25, 0.3) is 0 Å². The summed E-state index contributed by atoms with van der Waals surface area (Å²) in [5, 5.41) is 16.1. The van der Waals surface area contributed by atoms with Crippen molar-refractivity contribution in [2.45, 2.75) is 65.8 Å². The number of nitrogen functional groups attached to an aromatic ring is 1. The zero-order valence-corrected chi connectivity index (χ0v) is 23.2. The predicted molar refractivity (Wildman–Crippen MR) is 149 cm³/mol. The molecule has 0 amide bonds. The van der Waals surface area contributed by atoms with Crippen molar-refractivity contribution >= 4 is 5.82 Å². The number of ether oxygens (including phenoxy) is 1. The summed E-state index contributed by atoms with van der Waals surface area (Å²) in [6.45, 7) is 7.71. The molecule has 0 bridgehead atoms. The van der Waals surface area contributed by atoms with Crippen LogP contribution in [0.15, 0.2) is 36.8 Å². The Morgan fingerprint density at radius 3 is 2.58 bits per heavy atom. The number of nitrogens with two attached hydrogens (primary N) is 1. The van der Waals surface area contributed by atoms with Gasteiger partial charge >= 0.3 is 0 Å². The van der Waals surface area contributed by atoms with E-state index in [0.29, 0.717) is 24.0 Å². The van der Waals surface area contributed by atoms with Crippen LogP contribution in [0.1, 0.15) is 59.3 Å². The Labute approximate surface area is 232 Å². The fourth-order valence-corrected chi connectivity index (χ4v) is 5.17. The van der Waals surface area contributed by atoms with Crippen molar-refractivity contribution in [1.82, 2.24) is 35.0 Å². The number of hydrogen-bond acceptors (Lipinski definition) is 7. The normalized spacial score (nSPS) is 17.4. The first-order valence-corrected chi connectivity index (χ1v) is 14.0. The highest BCUT2D eigenvalue weighted by atomic mass is 19.2. The Bertz CT molecular complexity index is 1440. The molecule has 1 aliphatic carbocycles. The van der Waals surface area contributed by atoms with Crippen molar-refractivity contribution in [1.29, 1.82) is 0 Å². The second-order valence-electron chi connectivity index (χ2n) is 11.1. The summed E-state index contributed by atoms with van der Waals surface area (Å²) >= 11 is 0. The molecule has 3 aromatic heterocycles. The number of halogens is 2. The highest BCUT2D eigenvalue weighted by Gasteiger charge is 2.24. The zero-order chi connectivity index (χ0) is 28.2. The van der Waals surface area contributed by atoms with Crippen LogP contribution in [0.5, 0.6) is 5.75 Å². The Morgan fingerprint density at radius 2 is 1.82 bits per heavy atom. The molecule has 0 aliphatic heterocycles. The van der Waals surface area contributed by atoms with Crippen molar-refractivity contribution in [3.05, 3.63) is 48.4 Å². The van der Waals surface area contributed by atoms with E-state index in [1.165, 1.54) is 18.6 Å².